The topological polar surface area (TPSA) is 24.9 Å². The summed E-state index contributed by atoms with van der Waals surface area (Å²) in [5, 5.41) is 4.33. The maximum Gasteiger partial charge on any atom is 0.124 e. The molecular formula is C16H21FN2S. The highest BCUT2D eigenvalue weighted by molar-refractivity contribution is 7.15. The smallest absolute Gasteiger partial charge is 0.124 e. The summed E-state index contributed by atoms with van der Waals surface area (Å²) in [7, 11) is 0. The highest BCUT2D eigenvalue weighted by Crippen LogP contribution is 2.32. The monoisotopic (exact) mass is 292 g/mol. The SMILES string of the molecule is CC(C)NCc1sc(-c2cccc(F)c2)nc1C(C)C. The normalized spacial score (nSPS) is 11.6. The van der Waals surface area contributed by atoms with Gasteiger partial charge in [0.1, 0.15) is 10.8 Å². The molecule has 0 aliphatic rings. The van der Waals surface area contributed by atoms with Gasteiger partial charge in [-0.15, -0.1) is 11.3 Å². The van der Waals surface area contributed by atoms with Gasteiger partial charge in [-0.25, -0.2) is 9.37 Å². The van der Waals surface area contributed by atoms with Gasteiger partial charge in [0.15, 0.2) is 0 Å². The fraction of sp³-hybridized carbons (Fsp3) is 0.438. The molecule has 0 aliphatic heterocycles. The number of benzene rings is 1. The van der Waals surface area contributed by atoms with Crippen LogP contribution in [-0.2, 0) is 6.54 Å². The molecule has 1 N–H and O–H groups in total. The molecule has 1 heterocycles. The molecule has 1 aromatic carbocycles. The number of hydrogen-bond donors (Lipinski definition) is 1. The highest BCUT2D eigenvalue weighted by atomic mass is 32.1. The summed E-state index contributed by atoms with van der Waals surface area (Å²) < 4.78 is 13.3. The largest absolute Gasteiger partial charge is 0.310 e. The van der Waals surface area contributed by atoms with E-state index in [4.69, 9.17) is 4.98 Å². The van der Waals surface area contributed by atoms with E-state index in [1.54, 1.807) is 23.5 Å². The van der Waals surface area contributed by atoms with Crippen molar-refractivity contribution in [2.24, 2.45) is 0 Å². The van der Waals surface area contributed by atoms with Crippen molar-refractivity contribution in [2.75, 3.05) is 0 Å². The number of nitrogens with one attached hydrogen (secondary N) is 1. The lowest BCUT2D eigenvalue weighted by Crippen LogP contribution is -2.22. The van der Waals surface area contributed by atoms with Crippen molar-refractivity contribution in [3.05, 3.63) is 40.7 Å². The fourth-order valence-electron chi connectivity index (χ4n) is 1.98. The van der Waals surface area contributed by atoms with Gasteiger partial charge in [-0.2, -0.15) is 0 Å². The van der Waals surface area contributed by atoms with Crippen LogP contribution in [0.5, 0.6) is 0 Å². The minimum Gasteiger partial charge on any atom is -0.310 e. The Balaban J connectivity index is 2.33. The standard InChI is InChI=1S/C16H21FN2S/c1-10(2)15-14(9-18-11(3)4)20-16(19-15)12-6-5-7-13(17)8-12/h5-8,10-11,18H,9H2,1-4H3. The predicted molar refractivity (Wildman–Crippen MR) is 83.6 cm³/mol. The summed E-state index contributed by atoms with van der Waals surface area (Å²) in [5.41, 5.74) is 1.97. The van der Waals surface area contributed by atoms with Crippen LogP contribution in [0.2, 0.25) is 0 Å². The molecule has 2 rings (SSSR count). The van der Waals surface area contributed by atoms with Crippen LogP contribution >= 0.6 is 11.3 Å². The molecule has 0 saturated heterocycles. The van der Waals surface area contributed by atoms with E-state index >= 15 is 0 Å². The van der Waals surface area contributed by atoms with Gasteiger partial charge in [0, 0.05) is 23.0 Å². The molecular weight excluding hydrogens is 271 g/mol. The van der Waals surface area contributed by atoms with E-state index in [-0.39, 0.29) is 5.82 Å². The molecule has 108 valence electrons. The third kappa shape index (κ3) is 3.64. The molecule has 0 radical (unpaired) electrons. The Morgan fingerprint density at radius 1 is 1.25 bits per heavy atom. The highest BCUT2D eigenvalue weighted by Gasteiger charge is 2.15. The third-order valence-corrected chi connectivity index (χ3v) is 4.14. The molecule has 2 aromatic rings. The fourth-order valence-corrected chi connectivity index (χ4v) is 3.15. The van der Waals surface area contributed by atoms with Gasteiger partial charge in [0.25, 0.3) is 0 Å². The summed E-state index contributed by atoms with van der Waals surface area (Å²) in [4.78, 5) is 5.95. The zero-order valence-corrected chi connectivity index (χ0v) is 13.2. The maximum atomic E-state index is 13.3. The first-order valence-electron chi connectivity index (χ1n) is 6.96. The van der Waals surface area contributed by atoms with Crippen LogP contribution in [0.4, 0.5) is 4.39 Å². The molecule has 0 fully saturated rings. The third-order valence-electron chi connectivity index (χ3n) is 3.02. The number of rotatable bonds is 5. The summed E-state index contributed by atoms with van der Waals surface area (Å²) in [5.74, 6) is 0.156. The minimum atomic E-state index is -0.217. The Morgan fingerprint density at radius 3 is 2.60 bits per heavy atom. The van der Waals surface area contributed by atoms with Crippen molar-refractivity contribution in [1.82, 2.24) is 10.3 Å². The van der Waals surface area contributed by atoms with Crippen LogP contribution in [0, 0.1) is 5.82 Å². The quantitative estimate of drug-likeness (QED) is 0.873. The summed E-state index contributed by atoms with van der Waals surface area (Å²) in [6.45, 7) is 9.36. The number of nitrogens with zero attached hydrogens (tertiary/aromatic N) is 1. The van der Waals surface area contributed by atoms with E-state index in [2.05, 4.69) is 33.0 Å². The number of aromatic nitrogens is 1. The summed E-state index contributed by atoms with van der Waals surface area (Å²) >= 11 is 1.65. The molecule has 0 saturated carbocycles. The zero-order valence-electron chi connectivity index (χ0n) is 12.4. The Labute approximate surface area is 124 Å². The van der Waals surface area contributed by atoms with Crippen LogP contribution in [0.3, 0.4) is 0 Å². The van der Waals surface area contributed by atoms with Crippen LogP contribution < -0.4 is 5.32 Å². The average molecular weight is 292 g/mol. The lowest BCUT2D eigenvalue weighted by molar-refractivity contribution is 0.588. The molecule has 0 unspecified atom stereocenters. The minimum absolute atomic E-state index is 0.217. The first kappa shape index (κ1) is 15.1. The molecule has 0 amide bonds. The molecule has 0 bridgehead atoms. The van der Waals surface area contributed by atoms with Crippen LogP contribution in [0.25, 0.3) is 10.6 Å². The van der Waals surface area contributed by atoms with Crippen LogP contribution in [-0.4, -0.2) is 11.0 Å². The zero-order chi connectivity index (χ0) is 14.7. The van der Waals surface area contributed by atoms with Gasteiger partial charge in [-0.3, -0.25) is 0 Å². The van der Waals surface area contributed by atoms with Gasteiger partial charge >= 0.3 is 0 Å². The molecule has 0 aliphatic carbocycles. The number of hydrogen-bond acceptors (Lipinski definition) is 3. The van der Waals surface area contributed by atoms with Crippen molar-refractivity contribution >= 4 is 11.3 Å². The van der Waals surface area contributed by atoms with E-state index in [0.29, 0.717) is 12.0 Å². The summed E-state index contributed by atoms with van der Waals surface area (Å²) in [6, 6.07) is 7.08. The Kier molecular flexibility index (Phi) is 4.89. The van der Waals surface area contributed by atoms with Gasteiger partial charge < -0.3 is 5.32 Å². The van der Waals surface area contributed by atoms with Gasteiger partial charge in [-0.1, -0.05) is 39.8 Å². The number of thiazole rings is 1. The van der Waals surface area contributed by atoms with Crippen molar-refractivity contribution < 1.29 is 4.39 Å². The molecule has 2 nitrogen and oxygen atoms in total. The van der Waals surface area contributed by atoms with Gasteiger partial charge in [0.2, 0.25) is 0 Å². The second-order valence-electron chi connectivity index (χ2n) is 5.53. The molecule has 0 spiro atoms. The lowest BCUT2D eigenvalue weighted by Gasteiger charge is -2.09. The number of halogens is 1. The first-order valence-corrected chi connectivity index (χ1v) is 7.78. The second kappa shape index (κ2) is 6.46. The summed E-state index contributed by atoms with van der Waals surface area (Å²) in [6.07, 6.45) is 0. The Hall–Kier alpha value is -1.26. The van der Waals surface area contributed by atoms with E-state index < -0.39 is 0 Å². The van der Waals surface area contributed by atoms with Crippen molar-refractivity contribution in [3.63, 3.8) is 0 Å². The van der Waals surface area contributed by atoms with E-state index in [1.807, 2.05) is 6.07 Å². The van der Waals surface area contributed by atoms with E-state index in [0.717, 1.165) is 22.8 Å². The second-order valence-corrected chi connectivity index (χ2v) is 6.61. The van der Waals surface area contributed by atoms with Crippen molar-refractivity contribution in [2.45, 2.75) is 46.2 Å². The van der Waals surface area contributed by atoms with Crippen molar-refractivity contribution in [3.8, 4) is 10.6 Å². The maximum absolute atomic E-state index is 13.3. The molecule has 0 atom stereocenters. The van der Waals surface area contributed by atoms with Crippen molar-refractivity contribution in [1.29, 1.82) is 0 Å². The van der Waals surface area contributed by atoms with Crippen LogP contribution in [0.15, 0.2) is 24.3 Å². The molecule has 20 heavy (non-hydrogen) atoms. The molecule has 1 aromatic heterocycles. The average Bonchev–Trinajstić information content (AvgIpc) is 2.80. The predicted octanol–water partition coefficient (Wildman–Crippen LogP) is 4.57. The van der Waals surface area contributed by atoms with E-state index in [1.165, 1.54) is 10.9 Å². The Bertz CT molecular complexity index is 576. The Morgan fingerprint density at radius 2 is 2.00 bits per heavy atom. The van der Waals surface area contributed by atoms with Gasteiger partial charge in [-0.05, 0) is 18.1 Å². The lowest BCUT2D eigenvalue weighted by atomic mass is 10.1. The first-order chi connectivity index (χ1) is 9.47. The van der Waals surface area contributed by atoms with E-state index in [9.17, 15) is 4.39 Å². The van der Waals surface area contributed by atoms with Gasteiger partial charge in [0.05, 0.1) is 5.69 Å². The molecule has 4 heteroatoms. The van der Waals surface area contributed by atoms with Crippen LogP contribution in [0.1, 0.15) is 44.2 Å².